The molecule has 2 rings (SSSR count). The van der Waals surface area contributed by atoms with Crippen LogP contribution in [-0.2, 0) is 16.1 Å². The zero-order chi connectivity index (χ0) is 17.5. The molecule has 0 bridgehead atoms. The van der Waals surface area contributed by atoms with Crippen molar-refractivity contribution in [1.29, 1.82) is 0 Å². The maximum Gasteiger partial charge on any atom is 0.246 e. The van der Waals surface area contributed by atoms with E-state index in [1.165, 1.54) is 6.92 Å². The lowest BCUT2D eigenvalue weighted by atomic mass is 10.2. The molecule has 0 heterocycles. The minimum atomic E-state index is -0.605. The van der Waals surface area contributed by atoms with Gasteiger partial charge in [-0.3, -0.25) is 9.59 Å². The number of rotatable bonds is 6. The van der Waals surface area contributed by atoms with Crippen LogP contribution >= 0.6 is 11.6 Å². The predicted molar refractivity (Wildman–Crippen MR) is 97.1 cm³/mol. The highest BCUT2D eigenvalue weighted by Crippen LogP contribution is 2.22. The van der Waals surface area contributed by atoms with Crippen molar-refractivity contribution in [3.63, 3.8) is 0 Å². The highest BCUT2D eigenvalue weighted by atomic mass is 35.5. The fourth-order valence-electron chi connectivity index (χ4n) is 2.16. The van der Waals surface area contributed by atoms with Crippen LogP contribution in [0.1, 0.15) is 19.4 Å². The number of amides is 2. The van der Waals surface area contributed by atoms with E-state index in [1.54, 1.807) is 6.92 Å². The van der Waals surface area contributed by atoms with Crippen molar-refractivity contribution in [1.82, 2.24) is 5.32 Å². The Labute approximate surface area is 146 Å². The third-order valence-electron chi connectivity index (χ3n) is 3.39. The van der Waals surface area contributed by atoms with E-state index in [9.17, 15) is 9.59 Å². The van der Waals surface area contributed by atoms with Crippen LogP contribution in [0.15, 0.2) is 48.5 Å². The summed E-state index contributed by atoms with van der Waals surface area (Å²) in [6.45, 7) is 3.62. The van der Waals surface area contributed by atoms with Gasteiger partial charge in [0, 0.05) is 18.5 Å². The van der Waals surface area contributed by atoms with Gasteiger partial charge in [-0.05, 0) is 36.8 Å². The molecule has 5 nitrogen and oxygen atoms in total. The van der Waals surface area contributed by atoms with Gasteiger partial charge in [-0.25, -0.2) is 0 Å². The molecule has 2 aromatic carbocycles. The Hall–Kier alpha value is -2.53. The molecule has 2 amide bonds. The number of benzene rings is 2. The van der Waals surface area contributed by atoms with Crippen molar-refractivity contribution in [2.45, 2.75) is 26.4 Å². The van der Waals surface area contributed by atoms with E-state index in [0.29, 0.717) is 17.3 Å². The monoisotopic (exact) mass is 345 g/mol. The Morgan fingerprint density at radius 2 is 1.67 bits per heavy atom. The van der Waals surface area contributed by atoms with E-state index >= 15 is 0 Å². The molecule has 24 heavy (non-hydrogen) atoms. The van der Waals surface area contributed by atoms with Crippen LogP contribution in [0, 0.1) is 0 Å². The third-order valence-corrected chi connectivity index (χ3v) is 3.65. The first-order valence-electron chi connectivity index (χ1n) is 7.61. The molecule has 0 saturated heterocycles. The molecular weight excluding hydrogens is 326 g/mol. The summed E-state index contributed by atoms with van der Waals surface area (Å²) >= 11 is 5.88. The van der Waals surface area contributed by atoms with Gasteiger partial charge in [0.05, 0.1) is 11.4 Å². The van der Waals surface area contributed by atoms with Crippen LogP contribution < -0.4 is 16.0 Å². The highest BCUT2D eigenvalue weighted by Gasteiger charge is 2.15. The Morgan fingerprint density at radius 3 is 2.29 bits per heavy atom. The molecular formula is C18H20ClN3O2. The Balaban J connectivity index is 2.02. The fraction of sp³-hybridized carbons (Fsp3) is 0.222. The van der Waals surface area contributed by atoms with Crippen molar-refractivity contribution in [3.8, 4) is 0 Å². The van der Waals surface area contributed by atoms with Gasteiger partial charge >= 0.3 is 0 Å². The van der Waals surface area contributed by atoms with E-state index in [4.69, 9.17) is 11.6 Å². The topological polar surface area (TPSA) is 70.2 Å². The maximum absolute atomic E-state index is 12.1. The minimum Gasteiger partial charge on any atom is -0.379 e. The second-order valence-electron chi connectivity index (χ2n) is 5.44. The van der Waals surface area contributed by atoms with Crippen LogP contribution in [0.5, 0.6) is 0 Å². The molecule has 0 fully saturated rings. The molecule has 0 radical (unpaired) electrons. The van der Waals surface area contributed by atoms with Gasteiger partial charge in [0.15, 0.2) is 0 Å². The molecule has 1 atom stereocenters. The number of hydrogen-bond donors (Lipinski definition) is 3. The van der Waals surface area contributed by atoms with E-state index in [-0.39, 0.29) is 11.8 Å². The number of halogens is 1. The Morgan fingerprint density at radius 1 is 1.04 bits per heavy atom. The molecule has 0 aromatic heterocycles. The summed E-state index contributed by atoms with van der Waals surface area (Å²) in [6, 6.07) is 14.4. The molecule has 0 aliphatic heterocycles. The standard InChI is InChI=1S/C18H20ClN3O2/c1-12(21-13(2)23)18(24)22-17-6-4-3-5-16(17)20-11-14-7-9-15(19)10-8-14/h3-10,12,20H,11H2,1-2H3,(H,21,23)(H,22,24). The largest absolute Gasteiger partial charge is 0.379 e. The van der Waals surface area contributed by atoms with Crippen LogP contribution in [0.4, 0.5) is 11.4 Å². The average molecular weight is 346 g/mol. The normalized spacial score (nSPS) is 11.5. The van der Waals surface area contributed by atoms with E-state index in [2.05, 4.69) is 16.0 Å². The van der Waals surface area contributed by atoms with E-state index in [1.807, 2.05) is 48.5 Å². The lowest BCUT2D eigenvalue weighted by molar-refractivity contribution is -0.124. The molecule has 0 saturated carbocycles. The average Bonchev–Trinajstić information content (AvgIpc) is 2.55. The summed E-state index contributed by atoms with van der Waals surface area (Å²) in [5.41, 5.74) is 2.54. The van der Waals surface area contributed by atoms with Gasteiger partial charge in [0.25, 0.3) is 0 Å². The number of para-hydroxylation sites is 2. The summed E-state index contributed by atoms with van der Waals surface area (Å²) < 4.78 is 0. The number of carbonyl (C=O) groups is 2. The summed E-state index contributed by atoms with van der Waals surface area (Å²) in [7, 11) is 0. The number of anilines is 2. The summed E-state index contributed by atoms with van der Waals surface area (Å²) in [5.74, 6) is -0.516. The van der Waals surface area contributed by atoms with Gasteiger partial charge < -0.3 is 16.0 Å². The van der Waals surface area contributed by atoms with Crippen molar-refractivity contribution in [3.05, 3.63) is 59.1 Å². The first kappa shape index (κ1) is 17.8. The minimum absolute atomic E-state index is 0.244. The molecule has 2 aromatic rings. The first-order valence-corrected chi connectivity index (χ1v) is 7.99. The van der Waals surface area contributed by atoms with E-state index < -0.39 is 6.04 Å². The molecule has 0 aliphatic carbocycles. The van der Waals surface area contributed by atoms with Crippen molar-refractivity contribution in [2.24, 2.45) is 0 Å². The quantitative estimate of drug-likeness (QED) is 0.751. The number of hydrogen-bond acceptors (Lipinski definition) is 3. The summed E-state index contributed by atoms with van der Waals surface area (Å²) in [6.07, 6.45) is 0. The van der Waals surface area contributed by atoms with Crippen LogP contribution in [0.2, 0.25) is 5.02 Å². The smallest absolute Gasteiger partial charge is 0.246 e. The van der Waals surface area contributed by atoms with Gasteiger partial charge in [-0.2, -0.15) is 0 Å². The van der Waals surface area contributed by atoms with Crippen LogP contribution in [-0.4, -0.2) is 17.9 Å². The van der Waals surface area contributed by atoms with Gasteiger partial charge in [0.1, 0.15) is 6.04 Å². The molecule has 6 heteroatoms. The predicted octanol–water partition coefficient (Wildman–Crippen LogP) is 3.42. The van der Waals surface area contributed by atoms with Crippen LogP contribution in [0.25, 0.3) is 0 Å². The molecule has 0 spiro atoms. The van der Waals surface area contributed by atoms with Gasteiger partial charge in [0.2, 0.25) is 11.8 Å². The van der Waals surface area contributed by atoms with Crippen molar-refractivity contribution >= 4 is 34.8 Å². The molecule has 3 N–H and O–H groups in total. The van der Waals surface area contributed by atoms with Gasteiger partial charge in [-0.1, -0.05) is 35.9 Å². The number of carbonyl (C=O) groups excluding carboxylic acids is 2. The fourth-order valence-corrected chi connectivity index (χ4v) is 2.28. The molecule has 126 valence electrons. The Kier molecular flexibility index (Phi) is 6.21. The highest BCUT2D eigenvalue weighted by molar-refractivity contribution is 6.30. The summed E-state index contributed by atoms with van der Waals surface area (Å²) in [4.78, 5) is 23.2. The third kappa shape index (κ3) is 5.28. The zero-order valence-corrected chi connectivity index (χ0v) is 14.4. The van der Waals surface area contributed by atoms with Gasteiger partial charge in [-0.15, -0.1) is 0 Å². The zero-order valence-electron chi connectivity index (χ0n) is 13.6. The second kappa shape index (κ2) is 8.36. The van der Waals surface area contributed by atoms with E-state index in [0.717, 1.165) is 11.3 Å². The van der Waals surface area contributed by atoms with Crippen molar-refractivity contribution in [2.75, 3.05) is 10.6 Å². The van der Waals surface area contributed by atoms with Crippen molar-refractivity contribution < 1.29 is 9.59 Å². The second-order valence-corrected chi connectivity index (χ2v) is 5.87. The molecule has 1 unspecified atom stereocenters. The number of nitrogens with one attached hydrogen (secondary N) is 3. The lowest BCUT2D eigenvalue weighted by Gasteiger charge is -2.16. The van der Waals surface area contributed by atoms with Crippen LogP contribution in [0.3, 0.4) is 0 Å². The maximum atomic E-state index is 12.1. The first-order chi connectivity index (χ1) is 11.5. The lowest BCUT2D eigenvalue weighted by Crippen LogP contribution is -2.40. The summed E-state index contributed by atoms with van der Waals surface area (Å²) in [5, 5.41) is 9.37. The molecule has 0 aliphatic rings. The Bertz CT molecular complexity index is 716. The SMILES string of the molecule is CC(=O)NC(C)C(=O)Nc1ccccc1NCc1ccc(Cl)cc1.